The lowest BCUT2D eigenvalue weighted by Crippen LogP contribution is -2.22. The third-order valence-electron chi connectivity index (χ3n) is 3.64. The molecule has 0 amide bonds. The predicted octanol–water partition coefficient (Wildman–Crippen LogP) is 2.54. The van der Waals surface area contributed by atoms with Crippen LogP contribution in [-0.2, 0) is 4.74 Å². The maximum atomic E-state index is 5.43. The van der Waals surface area contributed by atoms with Crippen LogP contribution < -0.4 is 5.32 Å². The van der Waals surface area contributed by atoms with Gasteiger partial charge in [0, 0.05) is 31.7 Å². The fourth-order valence-corrected chi connectivity index (χ4v) is 2.51. The molecule has 1 aromatic rings. The van der Waals surface area contributed by atoms with Gasteiger partial charge in [0.1, 0.15) is 5.82 Å². The summed E-state index contributed by atoms with van der Waals surface area (Å²) in [5.41, 5.74) is 1.28. The van der Waals surface area contributed by atoms with E-state index in [-0.39, 0.29) is 0 Å². The van der Waals surface area contributed by atoms with Gasteiger partial charge in [-0.2, -0.15) is 5.10 Å². The van der Waals surface area contributed by atoms with E-state index in [1.807, 2.05) is 0 Å². The second-order valence-corrected chi connectivity index (χ2v) is 5.05. The number of nitrogens with one attached hydrogen (secondary N) is 1. The number of aromatic nitrogens is 2. The standard InChI is InChI=1S/C13H21N3O/c1-2-14-13-9-12(10-3-4-10)15-16(13)11-5-7-17-8-6-11/h9-11,14H,2-8H2,1H3. The third kappa shape index (κ3) is 2.32. The molecule has 0 unspecified atom stereocenters. The van der Waals surface area contributed by atoms with Crippen LogP contribution in [0.15, 0.2) is 6.07 Å². The molecular weight excluding hydrogens is 214 g/mol. The molecule has 4 heteroatoms. The van der Waals surface area contributed by atoms with Crippen molar-refractivity contribution in [3.05, 3.63) is 11.8 Å². The molecule has 0 spiro atoms. The summed E-state index contributed by atoms with van der Waals surface area (Å²) in [6.45, 7) is 4.83. The Morgan fingerprint density at radius 2 is 2.12 bits per heavy atom. The molecule has 0 atom stereocenters. The molecule has 1 N–H and O–H groups in total. The summed E-state index contributed by atoms with van der Waals surface area (Å²) >= 11 is 0. The lowest BCUT2D eigenvalue weighted by Gasteiger charge is -2.24. The SMILES string of the molecule is CCNc1cc(C2CC2)nn1C1CCOCC1. The van der Waals surface area contributed by atoms with E-state index in [0.717, 1.165) is 38.5 Å². The average Bonchev–Trinajstić information content (AvgIpc) is 3.13. The lowest BCUT2D eigenvalue weighted by atomic mass is 10.1. The van der Waals surface area contributed by atoms with Crippen molar-refractivity contribution < 1.29 is 4.74 Å². The molecule has 3 rings (SSSR count). The van der Waals surface area contributed by atoms with Crippen molar-refractivity contribution in [2.24, 2.45) is 0 Å². The Balaban J connectivity index is 1.83. The van der Waals surface area contributed by atoms with E-state index in [1.54, 1.807) is 0 Å². The summed E-state index contributed by atoms with van der Waals surface area (Å²) in [6.07, 6.45) is 4.81. The Hall–Kier alpha value is -1.03. The fourth-order valence-electron chi connectivity index (χ4n) is 2.51. The topological polar surface area (TPSA) is 39.1 Å². The van der Waals surface area contributed by atoms with E-state index in [2.05, 4.69) is 23.0 Å². The van der Waals surface area contributed by atoms with Crippen LogP contribution in [-0.4, -0.2) is 29.5 Å². The molecular formula is C13H21N3O. The van der Waals surface area contributed by atoms with Gasteiger partial charge in [0.15, 0.2) is 0 Å². The first kappa shape index (κ1) is 11.1. The Labute approximate surface area is 102 Å². The molecule has 2 fully saturated rings. The predicted molar refractivity (Wildman–Crippen MR) is 67.5 cm³/mol. The Bertz CT molecular complexity index is 378. The van der Waals surface area contributed by atoms with Gasteiger partial charge < -0.3 is 10.1 Å². The summed E-state index contributed by atoms with van der Waals surface area (Å²) < 4.78 is 7.63. The van der Waals surface area contributed by atoms with Crippen LogP contribution in [0.25, 0.3) is 0 Å². The maximum absolute atomic E-state index is 5.43. The van der Waals surface area contributed by atoms with Crippen molar-refractivity contribution >= 4 is 5.82 Å². The van der Waals surface area contributed by atoms with Gasteiger partial charge in [0.2, 0.25) is 0 Å². The van der Waals surface area contributed by atoms with Crippen LogP contribution in [0.4, 0.5) is 5.82 Å². The molecule has 0 bridgehead atoms. The lowest BCUT2D eigenvalue weighted by molar-refractivity contribution is 0.0667. The summed E-state index contributed by atoms with van der Waals surface area (Å²) in [5.74, 6) is 1.93. The van der Waals surface area contributed by atoms with Gasteiger partial charge in [0.05, 0.1) is 11.7 Å². The number of nitrogens with zero attached hydrogens (tertiary/aromatic N) is 2. The first-order chi connectivity index (χ1) is 8.38. The smallest absolute Gasteiger partial charge is 0.124 e. The van der Waals surface area contributed by atoms with Gasteiger partial charge in [-0.1, -0.05) is 0 Å². The van der Waals surface area contributed by atoms with Crippen molar-refractivity contribution in [1.29, 1.82) is 0 Å². The van der Waals surface area contributed by atoms with Gasteiger partial charge in [-0.3, -0.25) is 0 Å². The second kappa shape index (κ2) is 4.69. The van der Waals surface area contributed by atoms with Crippen molar-refractivity contribution in [1.82, 2.24) is 9.78 Å². The molecule has 0 radical (unpaired) electrons. The number of rotatable bonds is 4. The molecule has 0 aromatic carbocycles. The quantitative estimate of drug-likeness (QED) is 0.871. The minimum absolute atomic E-state index is 0.519. The average molecular weight is 235 g/mol. The van der Waals surface area contributed by atoms with Crippen LogP contribution in [0.3, 0.4) is 0 Å². The molecule has 2 aliphatic rings. The number of hydrogen-bond acceptors (Lipinski definition) is 3. The van der Waals surface area contributed by atoms with E-state index in [4.69, 9.17) is 9.84 Å². The van der Waals surface area contributed by atoms with Gasteiger partial charge >= 0.3 is 0 Å². The Kier molecular flexibility index (Phi) is 3.05. The summed E-state index contributed by atoms with van der Waals surface area (Å²) in [4.78, 5) is 0. The van der Waals surface area contributed by atoms with E-state index in [0.29, 0.717) is 6.04 Å². The number of hydrogen-bond donors (Lipinski definition) is 1. The molecule has 1 saturated heterocycles. The Morgan fingerprint density at radius 3 is 2.76 bits per heavy atom. The van der Waals surface area contributed by atoms with Crippen molar-refractivity contribution in [3.8, 4) is 0 Å². The van der Waals surface area contributed by atoms with Crippen molar-refractivity contribution in [2.45, 2.75) is 44.6 Å². The minimum Gasteiger partial charge on any atom is -0.381 e. The van der Waals surface area contributed by atoms with Gasteiger partial charge in [-0.15, -0.1) is 0 Å². The fraction of sp³-hybridized carbons (Fsp3) is 0.769. The zero-order valence-electron chi connectivity index (χ0n) is 10.5. The van der Waals surface area contributed by atoms with Crippen LogP contribution in [0.1, 0.15) is 50.3 Å². The molecule has 1 aliphatic heterocycles. The highest BCUT2D eigenvalue weighted by atomic mass is 16.5. The monoisotopic (exact) mass is 235 g/mol. The summed E-state index contributed by atoms with van der Waals surface area (Å²) in [7, 11) is 0. The second-order valence-electron chi connectivity index (χ2n) is 5.05. The molecule has 1 aromatic heterocycles. The van der Waals surface area contributed by atoms with E-state index < -0.39 is 0 Å². The third-order valence-corrected chi connectivity index (χ3v) is 3.64. The molecule has 17 heavy (non-hydrogen) atoms. The van der Waals surface area contributed by atoms with Gasteiger partial charge in [0.25, 0.3) is 0 Å². The molecule has 1 aliphatic carbocycles. The largest absolute Gasteiger partial charge is 0.381 e. The first-order valence-electron chi connectivity index (χ1n) is 6.79. The van der Waals surface area contributed by atoms with Crippen molar-refractivity contribution in [3.63, 3.8) is 0 Å². The van der Waals surface area contributed by atoms with E-state index in [1.165, 1.54) is 24.4 Å². The molecule has 4 nitrogen and oxygen atoms in total. The summed E-state index contributed by atoms with van der Waals surface area (Å²) in [5, 5.41) is 8.25. The van der Waals surface area contributed by atoms with Gasteiger partial charge in [-0.25, -0.2) is 4.68 Å². The van der Waals surface area contributed by atoms with E-state index >= 15 is 0 Å². The summed E-state index contributed by atoms with van der Waals surface area (Å²) in [6, 6.07) is 2.77. The Morgan fingerprint density at radius 1 is 1.35 bits per heavy atom. The zero-order chi connectivity index (χ0) is 11.7. The highest BCUT2D eigenvalue weighted by molar-refractivity contribution is 5.39. The normalized spacial score (nSPS) is 21.7. The molecule has 94 valence electrons. The minimum atomic E-state index is 0.519. The van der Waals surface area contributed by atoms with Crippen LogP contribution >= 0.6 is 0 Å². The van der Waals surface area contributed by atoms with Crippen molar-refractivity contribution in [2.75, 3.05) is 25.1 Å². The molecule has 2 heterocycles. The van der Waals surface area contributed by atoms with Crippen LogP contribution in [0.2, 0.25) is 0 Å². The number of anilines is 1. The van der Waals surface area contributed by atoms with Crippen LogP contribution in [0, 0.1) is 0 Å². The number of ether oxygens (including phenoxy) is 1. The molecule has 1 saturated carbocycles. The van der Waals surface area contributed by atoms with Crippen LogP contribution in [0.5, 0.6) is 0 Å². The van der Waals surface area contributed by atoms with E-state index in [9.17, 15) is 0 Å². The first-order valence-corrected chi connectivity index (χ1v) is 6.79. The zero-order valence-corrected chi connectivity index (χ0v) is 10.5. The van der Waals surface area contributed by atoms with Gasteiger partial charge in [-0.05, 0) is 32.6 Å². The highest BCUT2D eigenvalue weighted by Gasteiger charge is 2.29. The highest BCUT2D eigenvalue weighted by Crippen LogP contribution is 2.41. The maximum Gasteiger partial charge on any atom is 0.124 e.